The SMILES string of the molecule is COc1cc(C)cc(C)c1CC1CCCNC1. The summed E-state index contributed by atoms with van der Waals surface area (Å²) in [5.74, 6) is 1.83. The van der Waals surface area contributed by atoms with Crippen molar-refractivity contribution in [2.24, 2.45) is 5.92 Å². The molecule has 1 atom stereocenters. The summed E-state index contributed by atoms with van der Waals surface area (Å²) in [6, 6.07) is 4.41. The molecule has 1 saturated heterocycles. The van der Waals surface area contributed by atoms with Crippen molar-refractivity contribution in [3.63, 3.8) is 0 Å². The van der Waals surface area contributed by atoms with Crippen molar-refractivity contribution in [2.45, 2.75) is 33.1 Å². The van der Waals surface area contributed by atoms with Gasteiger partial charge in [-0.15, -0.1) is 0 Å². The van der Waals surface area contributed by atoms with E-state index >= 15 is 0 Å². The van der Waals surface area contributed by atoms with Crippen molar-refractivity contribution in [1.82, 2.24) is 5.32 Å². The van der Waals surface area contributed by atoms with Gasteiger partial charge >= 0.3 is 0 Å². The Morgan fingerprint density at radius 1 is 1.35 bits per heavy atom. The molecular weight excluding hydrogens is 210 g/mol. The lowest BCUT2D eigenvalue weighted by molar-refractivity contribution is 0.363. The average molecular weight is 233 g/mol. The van der Waals surface area contributed by atoms with Gasteiger partial charge in [-0.25, -0.2) is 0 Å². The second-order valence-corrected chi connectivity index (χ2v) is 5.18. The van der Waals surface area contributed by atoms with E-state index in [1.165, 1.54) is 36.1 Å². The van der Waals surface area contributed by atoms with Gasteiger partial charge in [0.1, 0.15) is 5.75 Å². The van der Waals surface area contributed by atoms with Gasteiger partial charge in [-0.05, 0) is 74.9 Å². The predicted molar refractivity (Wildman–Crippen MR) is 71.8 cm³/mol. The Morgan fingerprint density at radius 3 is 2.82 bits per heavy atom. The fraction of sp³-hybridized carbons (Fsp3) is 0.600. The molecule has 0 saturated carbocycles. The molecule has 1 aromatic rings. The van der Waals surface area contributed by atoms with Crippen LogP contribution in [0.5, 0.6) is 5.75 Å². The fourth-order valence-electron chi connectivity index (χ4n) is 2.79. The predicted octanol–water partition coefficient (Wildman–Crippen LogP) is 2.85. The monoisotopic (exact) mass is 233 g/mol. The lowest BCUT2D eigenvalue weighted by Gasteiger charge is -2.24. The highest BCUT2D eigenvalue weighted by atomic mass is 16.5. The maximum atomic E-state index is 5.53. The lowest BCUT2D eigenvalue weighted by atomic mass is 9.89. The van der Waals surface area contributed by atoms with E-state index in [4.69, 9.17) is 4.74 Å². The van der Waals surface area contributed by atoms with Gasteiger partial charge in [-0.1, -0.05) is 6.07 Å². The van der Waals surface area contributed by atoms with Crippen LogP contribution in [0.25, 0.3) is 0 Å². The van der Waals surface area contributed by atoms with Crippen LogP contribution in [0, 0.1) is 19.8 Å². The zero-order valence-corrected chi connectivity index (χ0v) is 11.2. The number of ether oxygens (including phenoxy) is 1. The number of piperidine rings is 1. The fourth-order valence-corrected chi connectivity index (χ4v) is 2.79. The third-order valence-electron chi connectivity index (χ3n) is 3.69. The van der Waals surface area contributed by atoms with Crippen LogP contribution < -0.4 is 10.1 Å². The molecule has 1 aliphatic rings. The Labute approximate surface area is 104 Å². The first-order valence-corrected chi connectivity index (χ1v) is 6.55. The summed E-state index contributed by atoms with van der Waals surface area (Å²) in [6.45, 7) is 6.65. The van der Waals surface area contributed by atoms with Gasteiger partial charge in [0.2, 0.25) is 0 Å². The minimum atomic E-state index is 0.763. The van der Waals surface area contributed by atoms with Crippen molar-refractivity contribution in [1.29, 1.82) is 0 Å². The molecule has 17 heavy (non-hydrogen) atoms. The Bertz CT molecular complexity index is 381. The third kappa shape index (κ3) is 3.01. The lowest BCUT2D eigenvalue weighted by Crippen LogP contribution is -2.31. The van der Waals surface area contributed by atoms with E-state index in [1.807, 2.05) is 0 Å². The summed E-state index contributed by atoms with van der Waals surface area (Å²) >= 11 is 0. The highest BCUT2D eigenvalue weighted by Crippen LogP contribution is 2.28. The molecule has 2 nitrogen and oxygen atoms in total. The molecule has 1 N–H and O–H groups in total. The molecule has 0 spiro atoms. The van der Waals surface area contributed by atoms with E-state index in [9.17, 15) is 0 Å². The van der Waals surface area contributed by atoms with Crippen LogP contribution >= 0.6 is 0 Å². The molecule has 1 aliphatic heterocycles. The van der Waals surface area contributed by atoms with Gasteiger partial charge in [-0.3, -0.25) is 0 Å². The van der Waals surface area contributed by atoms with Crippen LogP contribution in [0.3, 0.4) is 0 Å². The smallest absolute Gasteiger partial charge is 0.122 e. The molecule has 1 heterocycles. The van der Waals surface area contributed by atoms with Crippen molar-refractivity contribution < 1.29 is 4.74 Å². The quantitative estimate of drug-likeness (QED) is 0.867. The van der Waals surface area contributed by atoms with Crippen LogP contribution in [0.2, 0.25) is 0 Å². The number of methoxy groups -OCH3 is 1. The van der Waals surface area contributed by atoms with E-state index in [2.05, 4.69) is 31.3 Å². The first-order valence-electron chi connectivity index (χ1n) is 6.55. The first kappa shape index (κ1) is 12.4. The number of rotatable bonds is 3. The van der Waals surface area contributed by atoms with E-state index < -0.39 is 0 Å². The van der Waals surface area contributed by atoms with E-state index in [0.29, 0.717) is 0 Å². The van der Waals surface area contributed by atoms with Crippen molar-refractivity contribution in [3.8, 4) is 5.75 Å². The number of benzene rings is 1. The van der Waals surface area contributed by atoms with E-state index in [0.717, 1.165) is 24.6 Å². The summed E-state index contributed by atoms with van der Waals surface area (Å²) < 4.78 is 5.53. The van der Waals surface area contributed by atoms with Crippen molar-refractivity contribution in [2.75, 3.05) is 20.2 Å². The third-order valence-corrected chi connectivity index (χ3v) is 3.69. The Balaban J connectivity index is 2.18. The summed E-state index contributed by atoms with van der Waals surface area (Å²) in [4.78, 5) is 0. The molecule has 0 amide bonds. The number of hydrogen-bond donors (Lipinski definition) is 1. The van der Waals surface area contributed by atoms with Gasteiger partial charge in [-0.2, -0.15) is 0 Å². The van der Waals surface area contributed by atoms with Crippen LogP contribution in [-0.2, 0) is 6.42 Å². The summed E-state index contributed by atoms with van der Waals surface area (Å²) in [6.07, 6.45) is 3.78. The molecule has 1 fully saturated rings. The molecule has 1 aromatic carbocycles. The largest absolute Gasteiger partial charge is 0.496 e. The summed E-state index contributed by atoms with van der Waals surface area (Å²) in [5, 5.41) is 3.48. The van der Waals surface area contributed by atoms with E-state index in [1.54, 1.807) is 7.11 Å². The standard InChI is InChI=1S/C15H23NO/c1-11-7-12(2)14(15(8-11)17-3)9-13-5-4-6-16-10-13/h7-8,13,16H,4-6,9-10H2,1-3H3. The minimum absolute atomic E-state index is 0.763. The zero-order valence-electron chi connectivity index (χ0n) is 11.2. The zero-order chi connectivity index (χ0) is 12.3. The molecule has 2 rings (SSSR count). The second-order valence-electron chi connectivity index (χ2n) is 5.18. The highest BCUT2D eigenvalue weighted by Gasteiger charge is 2.17. The van der Waals surface area contributed by atoms with Crippen LogP contribution in [-0.4, -0.2) is 20.2 Å². The van der Waals surface area contributed by atoms with Crippen LogP contribution in [0.1, 0.15) is 29.5 Å². The Kier molecular flexibility index (Phi) is 4.06. The normalized spacial score (nSPS) is 20.3. The van der Waals surface area contributed by atoms with Gasteiger partial charge < -0.3 is 10.1 Å². The number of nitrogens with one attached hydrogen (secondary N) is 1. The Morgan fingerprint density at radius 2 is 2.18 bits per heavy atom. The maximum absolute atomic E-state index is 5.53. The first-order chi connectivity index (χ1) is 8.20. The average Bonchev–Trinajstić information content (AvgIpc) is 2.33. The number of aryl methyl sites for hydroxylation is 2. The summed E-state index contributed by atoms with van der Waals surface area (Å²) in [5.41, 5.74) is 4.05. The molecule has 0 bridgehead atoms. The molecular formula is C15H23NO. The molecule has 94 valence electrons. The highest BCUT2D eigenvalue weighted by molar-refractivity contribution is 5.43. The van der Waals surface area contributed by atoms with Gasteiger partial charge in [0.25, 0.3) is 0 Å². The maximum Gasteiger partial charge on any atom is 0.122 e. The summed E-state index contributed by atoms with van der Waals surface area (Å²) in [7, 11) is 1.77. The molecule has 0 aliphatic carbocycles. The second kappa shape index (κ2) is 5.54. The van der Waals surface area contributed by atoms with Gasteiger partial charge in [0.05, 0.1) is 7.11 Å². The molecule has 2 heteroatoms. The van der Waals surface area contributed by atoms with E-state index in [-0.39, 0.29) is 0 Å². The molecule has 0 radical (unpaired) electrons. The Hall–Kier alpha value is -1.02. The van der Waals surface area contributed by atoms with Crippen LogP contribution in [0.4, 0.5) is 0 Å². The minimum Gasteiger partial charge on any atom is -0.496 e. The topological polar surface area (TPSA) is 21.3 Å². The van der Waals surface area contributed by atoms with Gasteiger partial charge in [0.15, 0.2) is 0 Å². The number of hydrogen-bond acceptors (Lipinski definition) is 2. The van der Waals surface area contributed by atoms with Crippen molar-refractivity contribution >= 4 is 0 Å². The molecule has 1 unspecified atom stereocenters. The molecule has 0 aromatic heterocycles. The van der Waals surface area contributed by atoms with Crippen molar-refractivity contribution in [3.05, 3.63) is 28.8 Å². The van der Waals surface area contributed by atoms with Gasteiger partial charge in [0, 0.05) is 0 Å². The van der Waals surface area contributed by atoms with Crippen LogP contribution in [0.15, 0.2) is 12.1 Å².